The second-order valence-corrected chi connectivity index (χ2v) is 10.6. The van der Waals surface area contributed by atoms with E-state index in [4.69, 9.17) is 0 Å². The Kier molecular flexibility index (Phi) is 9.63. The monoisotopic (exact) mass is 566 g/mol. The summed E-state index contributed by atoms with van der Waals surface area (Å²) >= 11 is 0. The van der Waals surface area contributed by atoms with Gasteiger partial charge >= 0.3 is 0 Å². The molecular formula is C33H38N6O3. The van der Waals surface area contributed by atoms with Gasteiger partial charge in [0.1, 0.15) is 0 Å². The lowest BCUT2D eigenvalue weighted by molar-refractivity contribution is -0.117. The van der Waals surface area contributed by atoms with E-state index < -0.39 is 12.1 Å². The lowest BCUT2D eigenvalue weighted by Crippen LogP contribution is -2.48. The van der Waals surface area contributed by atoms with Gasteiger partial charge in [0.2, 0.25) is 5.91 Å². The van der Waals surface area contributed by atoms with Crippen molar-refractivity contribution in [3.8, 4) is 5.69 Å². The van der Waals surface area contributed by atoms with E-state index in [0.717, 1.165) is 28.9 Å². The molecule has 0 spiro atoms. The molecule has 2 amide bonds. The molecular weight excluding hydrogens is 528 g/mol. The first kappa shape index (κ1) is 29.0. The summed E-state index contributed by atoms with van der Waals surface area (Å²) < 4.78 is 1.94. The predicted octanol–water partition coefficient (Wildman–Crippen LogP) is 3.92. The lowest BCUT2D eigenvalue weighted by Gasteiger charge is -2.25. The standard InChI is InChI=1S/C33H38N6O3/c1-2-36-27-18-26(19-29(20-27)39-14-7-12-32(39)41)33(42)37-30(17-24-8-4-3-5-9-24)31(40)22-35-21-25-10-6-11-28(16-25)38-15-13-34-23-38/h3-6,8-11,13,15-16,18-20,23,30-31,35-36,40H,2,7,12,14,17,21-22H2,1H3,(H,37,42)/t30-,31-/m0/s1. The Bertz CT molecular complexity index is 1470. The molecule has 0 bridgehead atoms. The summed E-state index contributed by atoms with van der Waals surface area (Å²) in [7, 11) is 0. The molecule has 2 heterocycles. The minimum atomic E-state index is -0.845. The molecule has 4 N–H and O–H groups in total. The number of aromatic nitrogens is 2. The van der Waals surface area contributed by atoms with Crippen molar-refractivity contribution in [1.29, 1.82) is 0 Å². The number of carbonyl (C=O) groups is 2. The van der Waals surface area contributed by atoms with E-state index in [9.17, 15) is 14.7 Å². The van der Waals surface area contributed by atoms with Gasteiger partial charge in [-0.05, 0) is 61.2 Å². The Morgan fingerprint density at radius 1 is 1.02 bits per heavy atom. The minimum absolute atomic E-state index is 0.0639. The van der Waals surface area contributed by atoms with Crippen LogP contribution in [0.1, 0.15) is 41.3 Å². The number of rotatable bonds is 13. The van der Waals surface area contributed by atoms with Crippen molar-refractivity contribution in [3.63, 3.8) is 0 Å². The molecule has 1 aliphatic heterocycles. The average Bonchev–Trinajstić information content (AvgIpc) is 3.70. The summed E-state index contributed by atoms with van der Waals surface area (Å²) in [4.78, 5) is 31.9. The van der Waals surface area contributed by atoms with Crippen LogP contribution in [0.25, 0.3) is 5.69 Å². The summed E-state index contributed by atoms with van der Waals surface area (Å²) in [5.74, 6) is -0.232. The molecule has 1 aromatic heterocycles. The molecule has 1 fully saturated rings. The van der Waals surface area contributed by atoms with Crippen molar-refractivity contribution in [2.24, 2.45) is 0 Å². The summed E-state index contributed by atoms with van der Waals surface area (Å²) in [5.41, 5.74) is 5.02. The van der Waals surface area contributed by atoms with E-state index in [0.29, 0.717) is 43.7 Å². The van der Waals surface area contributed by atoms with Gasteiger partial charge in [0.15, 0.2) is 0 Å². The highest BCUT2D eigenvalue weighted by Crippen LogP contribution is 2.27. The smallest absolute Gasteiger partial charge is 0.251 e. The number of anilines is 2. The first-order valence-corrected chi connectivity index (χ1v) is 14.5. The second kappa shape index (κ2) is 13.9. The van der Waals surface area contributed by atoms with E-state index in [1.54, 1.807) is 29.6 Å². The fraction of sp³-hybridized carbons (Fsp3) is 0.303. The van der Waals surface area contributed by atoms with E-state index >= 15 is 0 Å². The van der Waals surface area contributed by atoms with Crippen LogP contribution in [0.2, 0.25) is 0 Å². The molecule has 0 unspecified atom stereocenters. The third-order valence-electron chi connectivity index (χ3n) is 7.42. The Morgan fingerprint density at radius 2 is 1.86 bits per heavy atom. The number of aliphatic hydroxyl groups excluding tert-OH is 1. The molecule has 1 saturated heterocycles. The maximum Gasteiger partial charge on any atom is 0.251 e. The first-order valence-electron chi connectivity index (χ1n) is 14.5. The van der Waals surface area contributed by atoms with Gasteiger partial charge in [0.05, 0.1) is 18.5 Å². The third kappa shape index (κ3) is 7.43. The molecule has 2 atom stereocenters. The zero-order valence-corrected chi connectivity index (χ0v) is 23.9. The number of amides is 2. The van der Waals surface area contributed by atoms with Crippen molar-refractivity contribution in [1.82, 2.24) is 20.2 Å². The minimum Gasteiger partial charge on any atom is -0.390 e. The molecule has 3 aromatic carbocycles. The van der Waals surface area contributed by atoms with Gasteiger partial charge in [-0.2, -0.15) is 0 Å². The fourth-order valence-corrected chi connectivity index (χ4v) is 5.27. The van der Waals surface area contributed by atoms with Crippen LogP contribution >= 0.6 is 0 Å². The number of hydrogen-bond acceptors (Lipinski definition) is 6. The third-order valence-corrected chi connectivity index (χ3v) is 7.42. The van der Waals surface area contributed by atoms with Crippen molar-refractivity contribution < 1.29 is 14.7 Å². The normalized spacial score (nSPS) is 14.5. The zero-order chi connectivity index (χ0) is 29.3. The van der Waals surface area contributed by atoms with Gasteiger partial charge in [0, 0.05) is 67.6 Å². The van der Waals surface area contributed by atoms with E-state index in [1.807, 2.05) is 72.3 Å². The lowest BCUT2D eigenvalue weighted by atomic mass is 10.00. The Hall–Kier alpha value is -4.47. The van der Waals surface area contributed by atoms with Gasteiger partial charge in [-0.3, -0.25) is 9.59 Å². The quantitative estimate of drug-likeness (QED) is 0.195. The molecule has 0 saturated carbocycles. The highest BCUT2D eigenvalue weighted by Gasteiger charge is 2.25. The number of imidazole rings is 1. The predicted molar refractivity (Wildman–Crippen MR) is 165 cm³/mol. The fourth-order valence-electron chi connectivity index (χ4n) is 5.27. The maximum absolute atomic E-state index is 13.6. The van der Waals surface area contributed by atoms with Crippen LogP contribution in [0.15, 0.2) is 91.5 Å². The van der Waals surface area contributed by atoms with Gasteiger partial charge in [-0.1, -0.05) is 42.5 Å². The molecule has 1 aliphatic rings. The first-order chi connectivity index (χ1) is 20.5. The summed E-state index contributed by atoms with van der Waals surface area (Å²) in [5, 5.41) is 21.0. The molecule has 0 aliphatic carbocycles. The van der Waals surface area contributed by atoms with Gasteiger partial charge in [0.25, 0.3) is 5.91 Å². The molecule has 42 heavy (non-hydrogen) atoms. The maximum atomic E-state index is 13.6. The largest absolute Gasteiger partial charge is 0.390 e. The van der Waals surface area contributed by atoms with Crippen molar-refractivity contribution >= 4 is 23.2 Å². The number of carbonyl (C=O) groups excluding carboxylic acids is 2. The van der Waals surface area contributed by atoms with Crippen LogP contribution < -0.4 is 20.9 Å². The van der Waals surface area contributed by atoms with Crippen LogP contribution in [0.5, 0.6) is 0 Å². The highest BCUT2D eigenvalue weighted by molar-refractivity contribution is 6.00. The number of nitrogens with zero attached hydrogens (tertiary/aromatic N) is 3. The van der Waals surface area contributed by atoms with Crippen molar-refractivity contribution in [2.75, 3.05) is 29.9 Å². The van der Waals surface area contributed by atoms with Crippen molar-refractivity contribution in [3.05, 3.63) is 108 Å². The van der Waals surface area contributed by atoms with Crippen LogP contribution in [-0.4, -0.2) is 58.3 Å². The summed E-state index contributed by atoms with van der Waals surface area (Å²) in [6, 6.07) is 22.9. The Balaban J connectivity index is 1.29. The SMILES string of the molecule is CCNc1cc(C(=O)N[C@@H](Cc2ccccc2)[C@@H](O)CNCc2cccc(-n3ccnc3)c2)cc(N2CCCC2=O)c1. The van der Waals surface area contributed by atoms with E-state index in [-0.39, 0.29) is 18.4 Å². The molecule has 9 nitrogen and oxygen atoms in total. The van der Waals surface area contributed by atoms with Crippen LogP contribution in [0, 0.1) is 0 Å². The molecule has 218 valence electrons. The van der Waals surface area contributed by atoms with Gasteiger partial charge in [-0.15, -0.1) is 0 Å². The van der Waals surface area contributed by atoms with Crippen LogP contribution in [-0.2, 0) is 17.8 Å². The molecule has 5 rings (SSSR count). The molecule has 0 radical (unpaired) electrons. The summed E-state index contributed by atoms with van der Waals surface area (Å²) in [6.07, 6.45) is 6.33. The number of benzene rings is 3. The van der Waals surface area contributed by atoms with E-state index in [1.165, 1.54) is 0 Å². The van der Waals surface area contributed by atoms with Gasteiger partial charge in [-0.25, -0.2) is 4.98 Å². The average molecular weight is 567 g/mol. The molecule has 9 heteroatoms. The number of nitrogens with one attached hydrogen (secondary N) is 3. The zero-order valence-electron chi connectivity index (χ0n) is 23.9. The summed E-state index contributed by atoms with van der Waals surface area (Å²) in [6.45, 7) is 4.16. The topological polar surface area (TPSA) is 112 Å². The molecule has 4 aromatic rings. The van der Waals surface area contributed by atoms with Crippen molar-refractivity contribution in [2.45, 2.75) is 44.9 Å². The number of aliphatic hydroxyl groups is 1. The second-order valence-electron chi connectivity index (χ2n) is 10.6. The van der Waals surface area contributed by atoms with Gasteiger partial charge < -0.3 is 30.5 Å². The van der Waals surface area contributed by atoms with E-state index in [2.05, 4.69) is 27.0 Å². The van der Waals surface area contributed by atoms with Crippen LogP contribution in [0.3, 0.4) is 0 Å². The number of hydrogen-bond donors (Lipinski definition) is 4. The Morgan fingerprint density at radius 3 is 2.60 bits per heavy atom. The highest BCUT2D eigenvalue weighted by atomic mass is 16.3. The Labute approximate surface area is 246 Å². The van der Waals surface area contributed by atoms with Crippen LogP contribution in [0.4, 0.5) is 11.4 Å².